The summed E-state index contributed by atoms with van der Waals surface area (Å²) in [5, 5.41) is 8.69. The lowest BCUT2D eigenvalue weighted by molar-refractivity contribution is 0.0837. The predicted octanol–water partition coefficient (Wildman–Crippen LogP) is -0.207. The highest BCUT2D eigenvalue weighted by molar-refractivity contribution is 6.01. The minimum Gasteiger partial charge on any atom is -0.388 e. The van der Waals surface area contributed by atoms with Crippen LogP contribution in [0.5, 0.6) is 0 Å². The lowest BCUT2D eigenvalue weighted by Gasteiger charge is -2.19. The number of hydrogen-bond acceptors (Lipinski definition) is 4. The second-order valence-electron chi connectivity index (χ2n) is 4.14. The molecule has 0 unspecified atom stereocenters. The third kappa shape index (κ3) is 2.93. The van der Waals surface area contributed by atoms with Gasteiger partial charge in [-0.3, -0.25) is 4.79 Å². The first-order chi connectivity index (χ1) is 8.70. The Hall–Kier alpha value is -1.73. The average molecular weight is 252 g/mol. The van der Waals surface area contributed by atoms with Crippen LogP contribution in [0.3, 0.4) is 0 Å². The highest BCUT2D eigenvalue weighted by atomic mass is 16.5. The zero-order chi connectivity index (χ0) is 13.0. The number of aromatic amines is 1. The first-order valence-electron chi connectivity index (χ1n) is 5.81. The largest absolute Gasteiger partial charge is 0.388 e. The van der Waals surface area contributed by atoms with Crippen molar-refractivity contribution in [1.82, 2.24) is 9.97 Å². The number of hydrogen-bond donors (Lipinski definition) is 3. The number of rotatable bonds is 3. The summed E-state index contributed by atoms with van der Waals surface area (Å²) in [6.07, 6.45) is 3.23. The fourth-order valence-corrected chi connectivity index (χ4v) is 1.85. The number of aliphatic imine (C=N–C) groups is 1. The number of amides is 1. The molecule has 0 spiro atoms. The number of aliphatic hydroxyl groups is 1. The van der Waals surface area contributed by atoms with Gasteiger partial charge in [0.1, 0.15) is 24.0 Å². The normalized spacial score (nSPS) is 17.9. The number of nitrogens with zero attached hydrogens (tertiary/aromatic N) is 2. The first-order valence-corrected chi connectivity index (χ1v) is 5.81. The molecule has 1 fully saturated rings. The van der Waals surface area contributed by atoms with E-state index in [9.17, 15) is 4.79 Å². The second-order valence-corrected chi connectivity index (χ2v) is 4.14. The SMILES string of the molecule is NC(CO)=NC(=O)c1cnc(C2CCOCC2)[nH]1. The maximum atomic E-state index is 11.6. The van der Waals surface area contributed by atoms with Crippen LogP contribution in [0, 0.1) is 0 Å². The minimum absolute atomic E-state index is 0.109. The quantitative estimate of drug-likeness (QED) is 0.509. The third-order valence-corrected chi connectivity index (χ3v) is 2.84. The van der Waals surface area contributed by atoms with Gasteiger partial charge in [-0.2, -0.15) is 4.99 Å². The fourth-order valence-electron chi connectivity index (χ4n) is 1.85. The van der Waals surface area contributed by atoms with Crippen LogP contribution in [0.25, 0.3) is 0 Å². The highest BCUT2D eigenvalue weighted by Gasteiger charge is 2.20. The summed E-state index contributed by atoms with van der Waals surface area (Å²) in [6, 6.07) is 0. The standard InChI is InChI=1S/C11H16N4O3/c12-9(6-16)15-11(17)8-5-13-10(14-8)7-1-3-18-4-2-7/h5,7,16H,1-4,6H2,(H,13,14)(H2,12,15,17). The Morgan fingerprint density at radius 1 is 1.61 bits per heavy atom. The van der Waals surface area contributed by atoms with Gasteiger partial charge in [0, 0.05) is 19.1 Å². The van der Waals surface area contributed by atoms with Crippen molar-refractivity contribution in [3.05, 3.63) is 17.7 Å². The topological polar surface area (TPSA) is 114 Å². The van der Waals surface area contributed by atoms with Gasteiger partial charge in [0.05, 0.1) is 6.20 Å². The van der Waals surface area contributed by atoms with Crippen LogP contribution in [0.4, 0.5) is 0 Å². The molecule has 2 rings (SSSR count). The zero-order valence-corrected chi connectivity index (χ0v) is 9.93. The molecule has 7 nitrogen and oxygen atoms in total. The maximum Gasteiger partial charge on any atom is 0.296 e. The van der Waals surface area contributed by atoms with Crippen LogP contribution in [-0.4, -0.2) is 46.6 Å². The molecule has 98 valence electrons. The van der Waals surface area contributed by atoms with Gasteiger partial charge in [0.2, 0.25) is 0 Å². The van der Waals surface area contributed by atoms with Gasteiger partial charge in [0.25, 0.3) is 5.91 Å². The number of aromatic nitrogens is 2. The third-order valence-electron chi connectivity index (χ3n) is 2.84. The number of H-pyrrole nitrogens is 1. The molecule has 0 aromatic carbocycles. The molecule has 0 atom stereocenters. The Balaban J connectivity index is 2.07. The molecule has 18 heavy (non-hydrogen) atoms. The maximum absolute atomic E-state index is 11.6. The van der Waals surface area contributed by atoms with E-state index in [0.29, 0.717) is 19.1 Å². The Labute approximate surface area is 104 Å². The molecule has 0 saturated carbocycles. The van der Waals surface area contributed by atoms with Gasteiger partial charge in [-0.25, -0.2) is 4.98 Å². The van der Waals surface area contributed by atoms with Crippen molar-refractivity contribution in [3.8, 4) is 0 Å². The number of ether oxygens (including phenoxy) is 1. The van der Waals surface area contributed by atoms with Crippen molar-refractivity contribution in [2.75, 3.05) is 19.8 Å². The first kappa shape index (κ1) is 12.7. The van der Waals surface area contributed by atoms with Crippen molar-refractivity contribution >= 4 is 11.7 Å². The molecule has 1 aromatic rings. The number of nitrogens with one attached hydrogen (secondary N) is 1. The Morgan fingerprint density at radius 3 is 3.00 bits per heavy atom. The number of carbonyl (C=O) groups is 1. The van der Waals surface area contributed by atoms with Gasteiger partial charge in [0.15, 0.2) is 0 Å². The Bertz CT molecular complexity index is 449. The highest BCUT2D eigenvalue weighted by Crippen LogP contribution is 2.24. The van der Waals surface area contributed by atoms with E-state index in [-0.39, 0.29) is 11.5 Å². The van der Waals surface area contributed by atoms with E-state index in [0.717, 1.165) is 18.7 Å². The van der Waals surface area contributed by atoms with Gasteiger partial charge in [-0.1, -0.05) is 0 Å². The molecular weight excluding hydrogens is 236 g/mol. The molecular formula is C11H16N4O3. The summed E-state index contributed by atoms with van der Waals surface area (Å²) in [4.78, 5) is 22.3. The average Bonchev–Trinajstić information content (AvgIpc) is 2.89. The van der Waals surface area contributed by atoms with Crippen LogP contribution in [0.15, 0.2) is 11.2 Å². The van der Waals surface area contributed by atoms with E-state index < -0.39 is 12.5 Å². The van der Waals surface area contributed by atoms with Gasteiger partial charge in [-0.15, -0.1) is 0 Å². The van der Waals surface area contributed by atoms with Crippen molar-refractivity contribution in [2.24, 2.45) is 10.7 Å². The molecule has 0 radical (unpaired) electrons. The summed E-state index contributed by atoms with van der Waals surface area (Å²) < 4.78 is 5.27. The molecule has 1 saturated heterocycles. The number of imidazole rings is 1. The minimum atomic E-state index is -0.521. The number of carbonyl (C=O) groups excluding carboxylic acids is 1. The molecule has 0 aliphatic carbocycles. The van der Waals surface area contributed by atoms with Gasteiger partial charge < -0.3 is 20.6 Å². The van der Waals surface area contributed by atoms with E-state index >= 15 is 0 Å². The summed E-state index contributed by atoms with van der Waals surface area (Å²) in [5.74, 6) is 0.438. The molecule has 2 heterocycles. The molecule has 1 aliphatic rings. The van der Waals surface area contributed by atoms with Crippen molar-refractivity contribution in [1.29, 1.82) is 0 Å². The smallest absolute Gasteiger partial charge is 0.296 e. The molecule has 0 bridgehead atoms. The summed E-state index contributed by atoms with van der Waals surface area (Å²) in [7, 11) is 0. The van der Waals surface area contributed by atoms with Crippen molar-refractivity contribution in [3.63, 3.8) is 0 Å². The summed E-state index contributed by atoms with van der Waals surface area (Å²) in [6.45, 7) is 0.987. The van der Waals surface area contributed by atoms with Crippen LogP contribution in [-0.2, 0) is 4.74 Å². The van der Waals surface area contributed by atoms with Crippen molar-refractivity contribution in [2.45, 2.75) is 18.8 Å². The lowest BCUT2D eigenvalue weighted by atomic mass is 10.00. The van der Waals surface area contributed by atoms with Crippen molar-refractivity contribution < 1.29 is 14.6 Å². The van der Waals surface area contributed by atoms with E-state index in [1.807, 2.05) is 0 Å². The van der Waals surface area contributed by atoms with E-state index in [1.54, 1.807) is 0 Å². The van der Waals surface area contributed by atoms with Gasteiger partial charge >= 0.3 is 0 Å². The van der Waals surface area contributed by atoms with Crippen LogP contribution < -0.4 is 5.73 Å². The van der Waals surface area contributed by atoms with E-state index in [1.165, 1.54) is 6.20 Å². The Morgan fingerprint density at radius 2 is 2.33 bits per heavy atom. The lowest BCUT2D eigenvalue weighted by Crippen LogP contribution is -2.18. The fraction of sp³-hybridized carbons (Fsp3) is 0.545. The van der Waals surface area contributed by atoms with E-state index in [2.05, 4.69) is 15.0 Å². The Kier molecular flexibility index (Phi) is 4.06. The molecule has 1 amide bonds. The molecule has 1 aliphatic heterocycles. The predicted molar refractivity (Wildman–Crippen MR) is 64.4 cm³/mol. The molecule has 7 heteroatoms. The number of amidine groups is 1. The second kappa shape index (κ2) is 5.74. The molecule has 4 N–H and O–H groups in total. The van der Waals surface area contributed by atoms with Crippen LogP contribution in [0.2, 0.25) is 0 Å². The number of aliphatic hydroxyl groups excluding tert-OH is 1. The zero-order valence-electron chi connectivity index (χ0n) is 9.93. The van der Waals surface area contributed by atoms with Crippen LogP contribution in [0.1, 0.15) is 35.1 Å². The summed E-state index contributed by atoms with van der Waals surface area (Å²) >= 11 is 0. The van der Waals surface area contributed by atoms with Gasteiger partial charge in [-0.05, 0) is 12.8 Å². The van der Waals surface area contributed by atoms with Crippen LogP contribution >= 0.6 is 0 Å². The number of nitrogens with two attached hydrogens (primary N) is 1. The van der Waals surface area contributed by atoms with E-state index in [4.69, 9.17) is 15.6 Å². The molecule has 1 aromatic heterocycles. The monoisotopic (exact) mass is 252 g/mol. The summed E-state index contributed by atoms with van der Waals surface area (Å²) in [5.41, 5.74) is 5.57.